The van der Waals surface area contributed by atoms with Gasteiger partial charge in [0.15, 0.2) is 0 Å². The Morgan fingerprint density at radius 3 is 2.67 bits per heavy atom. The molecule has 2 fully saturated rings. The second-order valence-electron chi connectivity index (χ2n) is 11.2. The highest BCUT2D eigenvalue weighted by atomic mass is 15.2. The van der Waals surface area contributed by atoms with Gasteiger partial charge in [0, 0.05) is 48.1 Å². The first kappa shape index (κ1) is 27.8. The van der Waals surface area contributed by atoms with Gasteiger partial charge in [0.2, 0.25) is 0 Å². The van der Waals surface area contributed by atoms with E-state index in [4.69, 9.17) is 0 Å². The van der Waals surface area contributed by atoms with E-state index in [-0.39, 0.29) is 0 Å². The van der Waals surface area contributed by atoms with Crippen molar-refractivity contribution >= 4 is 35.4 Å². The van der Waals surface area contributed by atoms with Gasteiger partial charge in [-0.3, -0.25) is 10.1 Å². The average Bonchev–Trinajstić information content (AvgIpc) is 3.63. The number of pyridine rings is 2. The van der Waals surface area contributed by atoms with Crippen molar-refractivity contribution in [3.05, 3.63) is 76.3 Å². The van der Waals surface area contributed by atoms with E-state index in [9.17, 15) is 0 Å². The van der Waals surface area contributed by atoms with Crippen molar-refractivity contribution in [1.82, 2.24) is 25.1 Å². The normalized spacial score (nSPS) is 17.0. The van der Waals surface area contributed by atoms with Gasteiger partial charge in [0.25, 0.3) is 0 Å². The molecule has 2 aliphatic rings. The molecule has 5 heterocycles. The Morgan fingerprint density at radius 2 is 1.88 bits per heavy atom. The van der Waals surface area contributed by atoms with Crippen LogP contribution < -0.4 is 20.8 Å². The van der Waals surface area contributed by atoms with E-state index in [0.717, 1.165) is 52.6 Å². The van der Waals surface area contributed by atoms with Gasteiger partial charge in [-0.15, -0.1) is 0 Å². The van der Waals surface area contributed by atoms with Gasteiger partial charge in [-0.1, -0.05) is 19.2 Å². The maximum Gasteiger partial charge on any atom is 0.135 e. The maximum atomic E-state index is 4.59. The van der Waals surface area contributed by atoms with E-state index in [1.165, 1.54) is 69.4 Å². The molecule has 7 heteroatoms. The van der Waals surface area contributed by atoms with Crippen molar-refractivity contribution in [3.8, 4) is 0 Å². The Kier molecular flexibility index (Phi) is 9.12. The van der Waals surface area contributed by atoms with Crippen LogP contribution in [0.25, 0.3) is 23.9 Å². The smallest absolute Gasteiger partial charge is 0.135 e. The van der Waals surface area contributed by atoms with E-state index in [0.29, 0.717) is 11.4 Å². The van der Waals surface area contributed by atoms with Crippen LogP contribution in [0, 0.1) is 6.92 Å². The zero-order valence-corrected chi connectivity index (χ0v) is 24.2. The number of hydrogen-bond donors (Lipinski definition) is 2. The molecular weight excluding hydrogens is 494 g/mol. The van der Waals surface area contributed by atoms with Crippen LogP contribution in [0.1, 0.15) is 67.8 Å². The van der Waals surface area contributed by atoms with Crippen molar-refractivity contribution in [2.75, 3.05) is 42.9 Å². The molecule has 0 bridgehead atoms. The topological polar surface area (TPSA) is 73.0 Å². The molecule has 0 aromatic carbocycles. The van der Waals surface area contributed by atoms with E-state index < -0.39 is 0 Å². The van der Waals surface area contributed by atoms with E-state index in [1.807, 2.05) is 24.7 Å². The lowest BCUT2D eigenvalue weighted by molar-refractivity contribution is 0.334. The molecule has 3 aromatic heterocycles. The van der Waals surface area contributed by atoms with Crippen molar-refractivity contribution in [2.24, 2.45) is 0 Å². The van der Waals surface area contributed by atoms with Gasteiger partial charge in [-0.2, -0.15) is 5.10 Å². The number of aryl methyl sites for hydroxylation is 1. The quantitative estimate of drug-likeness (QED) is 0.383. The minimum Gasteiger partial charge on any atom is -0.371 e. The molecule has 210 valence electrons. The molecule has 0 spiro atoms. The largest absolute Gasteiger partial charge is 0.371 e. The Morgan fingerprint density at radius 1 is 1.10 bits per heavy atom. The van der Waals surface area contributed by atoms with Crippen LogP contribution in [-0.2, 0) is 6.42 Å². The molecule has 0 atom stereocenters. The standard InChI is InChI=1S/C33H43N7/c1-24(29-21-28(22-34-23-29)11-10-18-39-16-8-9-17-39)12-13-30-25(2)32(38-37-30)27(4)36-33-26(3)31(14-15-35-33)40-19-6-5-7-20-40/h12-15,21-23,37H,2,4-11,16-20H2,1,3H3,(H,35,36)/b24-12+,30-13+. The van der Waals surface area contributed by atoms with Crippen LogP contribution in [0.3, 0.4) is 0 Å². The summed E-state index contributed by atoms with van der Waals surface area (Å²) in [5, 5.41) is 12.7. The van der Waals surface area contributed by atoms with Crippen LogP contribution >= 0.6 is 0 Å². The SMILES string of the molecule is C=C(Nc1nccc(N2CCCCC2)c1C)c1n[nH]/c(=C/C=C(\C)c2cncc(CCCN3CCCC3)c2)c1=C. The number of nitrogens with zero attached hydrogens (tertiary/aromatic N) is 5. The van der Waals surface area contributed by atoms with E-state index in [1.54, 1.807) is 0 Å². The second-order valence-corrected chi connectivity index (χ2v) is 11.2. The first-order valence-corrected chi connectivity index (χ1v) is 14.7. The summed E-state index contributed by atoms with van der Waals surface area (Å²) in [6.07, 6.45) is 18.6. The molecule has 3 aromatic rings. The highest BCUT2D eigenvalue weighted by Gasteiger charge is 2.16. The fourth-order valence-electron chi connectivity index (χ4n) is 5.75. The first-order chi connectivity index (χ1) is 19.5. The zero-order valence-electron chi connectivity index (χ0n) is 24.2. The number of nitrogens with one attached hydrogen (secondary N) is 2. The Hall–Kier alpha value is -3.71. The number of aromatic amines is 1. The summed E-state index contributed by atoms with van der Waals surface area (Å²) < 4.78 is 0. The molecule has 0 unspecified atom stereocenters. The number of piperidine rings is 1. The predicted molar refractivity (Wildman–Crippen MR) is 167 cm³/mol. The van der Waals surface area contributed by atoms with Crippen LogP contribution in [-0.4, -0.2) is 57.8 Å². The molecule has 2 aliphatic heterocycles. The fourth-order valence-corrected chi connectivity index (χ4v) is 5.75. The summed E-state index contributed by atoms with van der Waals surface area (Å²) in [6.45, 7) is 18.7. The lowest BCUT2D eigenvalue weighted by Crippen LogP contribution is -2.30. The van der Waals surface area contributed by atoms with Gasteiger partial charge < -0.3 is 15.1 Å². The third kappa shape index (κ3) is 6.70. The van der Waals surface area contributed by atoms with E-state index >= 15 is 0 Å². The Bertz CT molecular complexity index is 1460. The highest BCUT2D eigenvalue weighted by Crippen LogP contribution is 2.28. The third-order valence-corrected chi connectivity index (χ3v) is 8.22. The molecule has 0 amide bonds. The predicted octanol–water partition coefficient (Wildman–Crippen LogP) is 4.90. The highest BCUT2D eigenvalue weighted by molar-refractivity contribution is 5.76. The summed E-state index contributed by atoms with van der Waals surface area (Å²) in [7, 11) is 0. The zero-order chi connectivity index (χ0) is 27.9. The molecule has 40 heavy (non-hydrogen) atoms. The van der Waals surface area contributed by atoms with Gasteiger partial charge in [-0.05, 0) is 113 Å². The first-order valence-electron chi connectivity index (χ1n) is 14.7. The van der Waals surface area contributed by atoms with Crippen molar-refractivity contribution in [1.29, 1.82) is 0 Å². The van der Waals surface area contributed by atoms with Crippen LogP contribution in [0.4, 0.5) is 11.5 Å². The van der Waals surface area contributed by atoms with Crippen LogP contribution in [0.15, 0.2) is 43.4 Å². The number of rotatable bonds is 10. The molecule has 0 saturated carbocycles. The van der Waals surface area contributed by atoms with Crippen LogP contribution in [0.5, 0.6) is 0 Å². The number of H-pyrrole nitrogens is 1. The molecule has 7 nitrogen and oxygen atoms in total. The van der Waals surface area contributed by atoms with Gasteiger partial charge in [-0.25, -0.2) is 4.98 Å². The number of aromatic nitrogens is 4. The van der Waals surface area contributed by atoms with Gasteiger partial charge in [0.1, 0.15) is 11.5 Å². The van der Waals surface area contributed by atoms with Gasteiger partial charge in [0.05, 0.1) is 11.0 Å². The third-order valence-electron chi connectivity index (χ3n) is 8.22. The molecule has 0 radical (unpaired) electrons. The maximum absolute atomic E-state index is 4.59. The second kappa shape index (κ2) is 13.1. The molecule has 0 aliphatic carbocycles. The molecule has 5 rings (SSSR count). The summed E-state index contributed by atoms with van der Waals surface area (Å²) in [5.41, 5.74) is 7.34. The summed E-state index contributed by atoms with van der Waals surface area (Å²) in [5.74, 6) is 0.810. The summed E-state index contributed by atoms with van der Waals surface area (Å²) in [6, 6.07) is 4.37. The van der Waals surface area contributed by atoms with Crippen molar-refractivity contribution in [3.63, 3.8) is 0 Å². The number of allylic oxidation sites excluding steroid dienone is 2. The lowest BCUT2D eigenvalue weighted by atomic mass is 10.0. The van der Waals surface area contributed by atoms with Gasteiger partial charge >= 0.3 is 0 Å². The fraction of sp³-hybridized carbons (Fsp3) is 0.424. The Labute approximate surface area is 238 Å². The minimum atomic E-state index is 0.679. The number of hydrogen-bond acceptors (Lipinski definition) is 6. The molecular formula is C33H43N7. The molecule has 2 saturated heterocycles. The summed E-state index contributed by atoms with van der Waals surface area (Å²) in [4.78, 5) is 14.1. The monoisotopic (exact) mass is 537 g/mol. The number of anilines is 2. The van der Waals surface area contributed by atoms with Crippen LogP contribution in [0.2, 0.25) is 0 Å². The van der Waals surface area contributed by atoms with Crippen molar-refractivity contribution < 1.29 is 0 Å². The van der Waals surface area contributed by atoms with E-state index in [2.05, 4.69) is 80.5 Å². The summed E-state index contributed by atoms with van der Waals surface area (Å²) >= 11 is 0. The minimum absolute atomic E-state index is 0.679. The van der Waals surface area contributed by atoms with Crippen molar-refractivity contribution in [2.45, 2.75) is 58.8 Å². The average molecular weight is 538 g/mol. The number of likely N-dealkylation sites (tertiary alicyclic amines) is 1. The Balaban J connectivity index is 1.25. The lowest BCUT2D eigenvalue weighted by Gasteiger charge is -2.30. The molecule has 2 N–H and O–H groups in total.